The molecule has 5 rings (SSSR count). The van der Waals surface area contributed by atoms with Crippen molar-refractivity contribution in [2.75, 3.05) is 13.1 Å². The predicted molar refractivity (Wildman–Crippen MR) is 112 cm³/mol. The molecule has 0 bridgehead atoms. The normalized spacial score (nSPS) is 22.7. The van der Waals surface area contributed by atoms with Crippen molar-refractivity contribution >= 4 is 29.1 Å². The Morgan fingerprint density at radius 1 is 1.16 bits per heavy atom. The average Bonchev–Trinajstić information content (AvgIpc) is 3.37. The maximum absolute atomic E-state index is 14.5. The van der Waals surface area contributed by atoms with Crippen LogP contribution in [-0.2, 0) is 22.7 Å². The quantitative estimate of drug-likeness (QED) is 0.736. The second-order valence-corrected chi connectivity index (χ2v) is 9.38. The third-order valence-corrected chi connectivity index (χ3v) is 7.29. The second-order valence-electron chi connectivity index (χ2n) is 8.40. The van der Waals surface area contributed by atoms with Crippen LogP contribution in [0.1, 0.15) is 58.1 Å². The van der Waals surface area contributed by atoms with Gasteiger partial charge in [-0.2, -0.15) is 0 Å². The highest BCUT2D eigenvalue weighted by Gasteiger charge is 2.41. The molecule has 1 N–H and O–H groups in total. The van der Waals surface area contributed by atoms with Crippen molar-refractivity contribution in [3.8, 4) is 0 Å². The van der Waals surface area contributed by atoms with Crippen molar-refractivity contribution in [3.63, 3.8) is 0 Å². The SMILES string of the molecule is O=C1CCC(N2Cc3c(cc(F)cc3C3CCN(Cc4nccs4)CC3)C2=O)C(=O)N1. The number of rotatable bonds is 4. The van der Waals surface area contributed by atoms with Crippen molar-refractivity contribution < 1.29 is 18.8 Å². The summed E-state index contributed by atoms with van der Waals surface area (Å²) in [5, 5.41) is 5.38. The first-order valence-corrected chi connectivity index (χ1v) is 11.5. The molecule has 1 aromatic heterocycles. The minimum atomic E-state index is -0.686. The van der Waals surface area contributed by atoms with Gasteiger partial charge in [0, 0.05) is 30.1 Å². The number of amides is 3. The molecule has 1 atom stereocenters. The van der Waals surface area contributed by atoms with Gasteiger partial charge >= 0.3 is 0 Å². The zero-order chi connectivity index (χ0) is 21.5. The van der Waals surface area contributed by atoms with Gasteiger partial charge in [-0.05, 0) is 61.5 Å². The number of nitrogens with zero attached hydrogens (tertiary/aromatic N) is 3. The number of aromatic nitrogens is 1. The number of halogens is 1. The summed E-state index contributed by atoms with van der Waals surface area (Å²) in [6.07, 6.45) is 4.09. The van der Waals surface area contributed by atoms with Crippen LogP contribution in [-0.4, -0.2) is 51.6 Å². The number of thiazole rings is 1. The molecule has 1 aromatic carbocycles. The van der Waals surface area contributed by atoms with E-state index in [0.29, 0.717) is 12.0 Å². The third-order valence-electron chi connectivity index (χ3n) is 6.52. The molecule has 0 aliphatic carbocycles. The van der Waals surface area contributed by atoms with Crippen molar-refractivity contribution in [2.45, 2.75) is 50.7 Å². The molecule has 31 heavy (non-hydrogen) atoms. The van der Waals surface area contributed by atoms with Crippen LogP contribution in [0.15, 0.2) is 23.7 Å². The van der Waals surface area contributed by atoms with Gasteiger partial charge in [-0.1, -0.05) is 0 Å². The van der Waals surface area contributed by atoms with E-state index in [4.69, 9.17) is 0 Å². The fourth-order valence-corrected chi connectivity index (χ4v) is 5.60. The van der Waals surface area contributed by atoms with Gasteiger partial charge in [0.15, 0.2) is 0 Å². The fraction of sp³-hybridized carbons (Fsp3) is 0.455. The number of carbonyl (C=O) groups is 3. The van der Waals surface area contributed by atoms with Crippen molar-refractivity contribution in [1.82, 2.24) is 20.1 Å². The number of fused-ring (bicyclic) bond motifs is 1. The summed E-state index contributed by atoms with van der Waals surface area (Å²) in [5.74, 6) is -1.34. The molecular weight excluding hydrogens is 419 g/mol. The summed E-state index contributed by atoms with van der Waals surface area (Å²) >= 11 is 1.65. The highest BCUT2D eigenvalue weighted by Crippen LogP contribution is 2.38. The molecule has 7 nitrogen and oxygen atoms in total. The Morgan fingerprint density at radius 3 is 2.68 bits per heavy atom. The van der Waals surface area contributed by atoms with Gasteiger partial charge in [0.05, 0.1) is 6.54 Å². The summed E-state index contributed by atoms with van der Waals surface area (Å²) < 4.78 is 14.5. The van der Waals surface area contributed by atoms with Crippen LogP contribution in [0.5, 0.6) is 0 Å². The fourth-order valence-electron chi connectivity index (χ4n) is 4.94. The summed E-state index contributed by atoms with van der Waals surface area (Å²) in [5.41, 5.74) is 2.06. The highest BCUT2D eigenvalue weighted by atomic mass is 32.1. The van der Waals surface area contributed by atoms with Gasteiger partial charge in [0.2, 0.25) is 11.8 Å². The topological polar surface area (TPSA) is 82.6 Å². The molecule has 162 valence electrons. The Kier molecular flexibility index (Phi) is 5.31. The summed E-state index contributed by atoms with van der Waals surface area (Å²) in [4.78, 5) is 45.0. The molecule has 3 aliphatic heterocycles. The van der Waals surface area contributed by atoms with E-state index in [9.17, 15) is 18.8 Å². The number of hydrogen-bond donors (Lipinski definition) is 1. The number of piperidine rings is 2. The number of carbonyl (C=O) groups excluding carboxylic acids is 3. The Hall–Kier alpha value is -2.65. The second kappa shape index (κ2) is 8.12. The number of likely N-dealkylation sites (tertiary alicyclic amines) is 1. The smallest absolute Gasteiger partial charge is 0.255 e. The van der Waals surface area contributed by atoms with Gasteiger partial charge in [0.1, 0.15) is 16.9 Å². The van der Waals surface area contributed by atoms with Crippen LogP contribution in [0.2, 0.25) is 0 Å². The molecule has 9 heteroatoms. The minimum absolute atomic E-state index is 0.173. The lowest BCUT2D eigenvalue weighted by molar-refractivity contribution is -0.136. The van der Waals surface area contributed by atoms with E-state index in [-0.39, 0.29) is 30.7 Å². The van der Waals surface area contributed by atoms with Crippen LogP contribution in [0, 0.1) is 5.82 Å². The van der Waals surface area contributed by atoms with Crippen LogP contribution < -0.4 is 5.32 Å². The van der Waals surface area contributed by atoms with Crippen molar-refractivity contribution in [2.24, 2.45) is 0 Å². The first-order chi connectivity index (χ1) is 15.0. The third kappa shape index (κ3) is 3.87. The molecular formula is C22H23FN4O3S. The molecule has 3 amide bonds. The van der Waals surface area contributed by atoms with E-state index in [1.807, 2.05) is 11.6 Å². The zero-order valence-electron chi connectivity index (χ0n) is 17.0. The van der Waals surface area contributed by atoms with Gasteiger partial charge in [0.25, 0.3) is 5.91 Å². The molecule has 1 unspecified atom stereocenters. The number of hydrogen-bond acceptors (Lipinski definition) is 6. The van der Waals surface area contributed by atoms with Crippen LogP contribution in [0.3, 0.4) is 0 Å². The van der Waals surface area contributed by atoms with Crippen molar-refractivity contribution in [1.29, 1.82) is 0 Å². The highest BCUT2D eigenvalue weighted by molar-refractivity contribution is 7.09. The first-order valence-electron chi connectivity index (χ1n) is 10.6. The largest absolute Gasteiger partial charge is 0.322 e. The van der Waals surface area contributed by atoms with Crippen LogP contribution in [0.4, 0.5) is 4.39 Å². The Morgan fingerprint density at radius 2 is 1.97 bits per heavy atom. The van der Waals surface area contributed by atoms with Crippen LogP contribution in [0.25, 0.3) is 0 Å². The lowest BCUT2D eigenvalue weighted by Gasteiger charge is -2.32. The molecule has 2 aromatic rings. The Balaban J connectivity index is 1.34. The van der Waals surface area contributed by atoms with E-state index in [2.05, 4.69) is 15.2 Å². The van der Waals surface area contributed by atoms with Gasteiger partial charge in [-0.25, -0.2) is 9.37 Å². The molecule has 0 spiro atoms. The van der Waals surface area contributed by atoms with Gasteiger partial charge in [-0.3, -0.25) is 24.6 Å². The molecule has 4 heterocycles. The van der Waals surface area contributed by atoms with Gasteiger partial charge < -0.3 is 4.90 Å². The molecule has 0 saturated carbocycles. The van der Waals surface area contributed by atoms with E-state index in [1.165, 1.54) is 11.0 Å². The maximum atomic E-state index is 14.5. The average molecular weight is 443 g/mol. The summed E-state index contributed by atoms with van der Waals surface area (Å²) in [6.45, 7) is 2.89. The van der Waals surface area contributed by atoms with Crippen molar-refractivity contribution in [3.05, 3.63) is 51.2 Å². The zero-order valence-corrected chi connectivity index (χ0v) is 17.8. The molecule has 2 fully saturated rings. The van der Waals surface area contributed by atoms with E-state index in [0.717, 1.165) is 48.6 Å². The number of imide groups is 1. The number of nitrogens with one attached hydrogen (secondary N) is 1. The number of benzene rings is 1. The van der Waals surface area contributed by atoms with E-state index in [1.54, 1.807) is 17.4 Å². The van der Waals surface area contributed by atoms with Gasteiger partial charge in [-0.15, -0.1) is 11.3 Å². The summed E-state index contributed by atoms with van der Waals surface area (Å²) in [7, 11) is 0. The molecule has 2 saturated heterocycles. The first kappa shape index (κ1) is 20.3. The van der Waals surface area contributed by atoms with E-state index < -0.39 is 17.8 Å². The lowest BCUT2D eigenvalue weighted by atomic mass is 9.85. The minimum Gasteiger partial charge on any atom is -0.322 e. The van der Waals surface area contributed by atoms with E-state index >= 15 is 0 Å². The standard InChI is InChI=1S/C22H23FN4O3S/c23-14-9-15(13-3-6-26(7-4-13)12-20-24-5-8-31-20)17-11-27(22(30)16(17)10-14)18-1-2-19(28)25-21(18)29/h5,8-10,13,18H,1-4,6-7,11-12H2,(H,25,28,29). The Bertz CT molecular complexity index is 1030. The Labute approximate surface area is 183 Å². The lowest BCUT2D eigenvalue weighted by Crippen LogP contribution is -2.52. The predicted octanol–water partition coefficient (Wildman–Crippen LogP) is 2.42. The molecule has 0 radical (unpaired) electrons. The maximum Gasteiger partial charge on any atom is 0.255 e. The van der Waals surface area contributed by atoms with Crippen LogP contribution >= 0.6 is 11.3 Å². The monoisotopic (exact) mass is 442 g/mol. The molecule has 3 aliphatic rings. The summed E-state index contributed by atoms with van der Waals surface area (Å²) in [6, 6.07) is 2.15.